The van der Waals surface area contributed by atoms with Gasteiger partial charge in [-0.1, -0.05) is 29.3 Å². The van der Waals surface area contributed by atoms with Crippen LogP contribution in [0.2, 0.25) is 10.0 Å². The molecule has 0 aromatic heterocycles. The molecule has 0 N–H and O–H groups in total. The third-order valence-corrected chi connectivity index (χ3v) is 6.71. The van der Waals surface area contributed by atoms with Gasteiger partial charge in [0.15, 0.2) is 0 Å². The Labute approximate surface area is 201 Å². The van der Waals surface area contributed by atoms with E-state index in [1.54, 1.807) is 23.1 Å². The molecule has 0 spiro atoms. The normalized spacial score (nSPS) is 16.9. The summed E-state index contributed by atoms with van der Waals surface area (Å²) in [6, 6.07) is 9.09. The van der Waals surface area contributed by atoms with Crippen LogP contribution in [0.3, 0.4) is 0 Å². The first-order valence-electron chi connectivity index (χ1n) is 10.6. The average molecular weight is 496 g/mol. The zero-order valence-corrected chi connectivity index (χ0v) is 19.6. The third-order valence-electron chi connectivity index (χ3n) is 5.97. The SMILES string of the molecule is COC(=O)c1ccc(CN(C(=O)N2CCN(C3COC3)CC2)c2ccc(Cl)c(Cl)c2)c(F)c1. The van der Waals surface area contributed by atoms with Crippen molar-refractivity contribution in [1.82, 2.24) is 9.80 Å². The van der Waals surface area contributed by atoms with Crippen molar-refractivity contribution in [3.05, 3.63) is 63.4 Å². The zero-order valence-electron chi connectivity index (χ0n) is 18.1. The number of nitrogens with zero attached hydrogens (tertiary/aromatic N) is 3. The highest BCUT2D eigenvalue weighted by Gasteiger charge is 2.32. The fourth-order valence-corrected chi connectivity index (χ4v) is 4.19. The number of piperazine rings is 1. The molecule has 2 heterocycles. The quantitative estimate of drug-likeness (QED) is 0.585. The lowest BCUT2D eigenvalue weighted by molar-refractivity contribution is -0.0738. The van der Waals surface area contributed by atoms with Crippen molar-refractivity contribution in [1.29, 1.82) is 0 Å². The van der Waals surface area contributed by atoms with Crippen molar-refractivity contribution in [2.45, 2.75) is 12.6 Å². The molecule has 4 rings (SSSR count). The monoisotopic (exact) mass is 495 g/mol. The van der Waals surface area contributed by atoms with Gasteiger partial charge in [0.2, 0.25) is 0 Å². The van der Waals surface area contributed by atoms with Gasteiger partial charge in [0.1, 0.15) is 5.82 Å². The first-order chi connectivity index (χ1) is 15.9. The second-order valence-corrected chi connectivity index (χ2v) is 8.79. The highest BCUT2D eigenvalue weighted by Crippen LogP contribution is 2.29. The molecule has 2 saturated heterocycles. The van der Waals surface area contributed by atoms with Gasteiger partial charge >= 0.3 is 12.0 Å². The predicted octanol–water partition coefficient (Wildman–Crippen LogP) is 4.06. The second kappa shape index (κ2) is 10.3. The minimum absolute atomic E-state index is 0.0409. The summed E-state index contributed by atoms with van der Waals surface area (Å²) in [5.41, 5.74) is 0.857. The Balaban J connectivity index is 1.56. The van der Waals surface area contributed by atoms with Gasteiger partial charge in [0.25, 0.3) is 0 Å². The maximum absolute atomic E-state index is 14.8. The minimum atomic E-state index is -0.632. The molecule has 0 aliphatic carbocycles. The van der Waals surface area contributed by atoms with Gasteiger partial charge in [-0.2, -0.15) is 0 Å². The topological polar surface area (TPSA) is 62.3 Å². The van der Waals surface area contributed by atoms with Crippen LogP contribution in [-0.2, 0) is 16.0 Å². The molecule has 0 atom stereocenters. The molecule has 0 bridgehead atoms. The fraction of sp³-hybridized carbons (Fsp3) is 0.391. The van der Waals surface area contributed by atoms with E-state index >= 15 is 0 Å². The van der Waals surface area contributed by atoms with Gasteiger partial charge in [0, 0.05) is 37.4 Å². The summed E-state index contributed by atoms with van der Waals surface area (Å²) >= 11 is 12.3. The van der Waals surface area contributed by atoms with E-state index in [2.05, 4.69) is 9.64 Å². The first kappa shape index (κ1) is 23.8. The minimum Gasteiger partial charge on any atom is -0.465 e. The van der Waals surface area contributed by atoms with Crippen LogP contribution in [0.25, 0.3) is 0 Å². The van der Waals surface area contributed by atoms with Crippen molar-refractivity contribution in [3.8, 4) is 0 Å². The highest BCUT2D eigenvalue weighted by molar-refractivity contribution is 6.42. The number of carbonyl (C=O) groups excluding carboxylic acids is 2. The van der Waals surface area contributed by atoms with E-state index in [9.17, 15) is 14.0 Å². The summed E-state index contributed by atoms with van der Waals surface area (Å²) in [5, 5.41) is 0.654. The first-order valence-corrected chi connectivity index (χ1v) is 11.3. The lowest BCUT2D eigenvalue weighted by Gasteiger charge is -2.43. The van der Waals surface area contributed by atoms with Gasteiger partial charge < -0.3 is 14.4 Å². The molecule has 2 aliphatic heterocycles. The number of halogens is 3. The average Bonchev–Trinajstić information content (AvgIpc) is 2.78. The van der Waals surface area contributed by atoms with Crippen LogP contribution in [0.15, 0.2) is 36.4 Å². The number of ether oxygens (including phenoxy) is 2. The Morgan fingerprint density at radius 1 is 1.09 bits per heavy atom. The van der Waals surface area contributed by atoms with E-state index < -0.39 is 11.8 Å². The number of methoxy groups -OCH3 is 1. The number of anilines is 1. The number of esters is 1. The van der Waals surface area contributed by atoms with Gasteiger partial charge in [-0.05, 0) is 30.3 Å². The second-order valence-electron chi connectivity index (χ2n) is 7.98. The van der Waals surface area contributed by atoms with Gasteiger partial charge in [-0.3, -0.25) is 9.80 Å². The Hall–Kier alpha value is -2.39. The number of hydrogen-bond donors (Lipinski definition) is 0. The fourth-order valence-electron chi connectivity index (χ4n) is 3.90. The Morgan fingerprint density at radius 2 is 1.82 bits per heavy atom. The predicted molar refractivity (Wildman–Crippen MR) is 124 cm³/mol. The number of carbonyl (C=O) groups is 2. The van der Waals surface area contributed by atoms with Gasteiger partial charge in [-0.15, -0.1) is 0 Å². The summed E-state index contributed by atoms with van der Waals surface area (Å²) in [5.74, 6) is -1.24. The van der Waals surface area contributed by atoms with E-state index in [1.165, 1.54) is 24.1 Å². The number of urea groups is 1. The molecule has 0 radical (unpaired) electrons. The lowest BCUT2D eigenvalue weighted by Crippen LogP contribution is -2.59. The number of hydrogen-bond acceptors (Lipinski definition) is 5. The van der Waals surface area contributed by atoms with E-state index in [1.807, 2.05) is 0 Å². The summed E-state index contributed by atoms with van der Waals surface area (Å²) in [7, 11) is 1.23. The molecule has 2 amide bonds. The summed E-state index contributed by atoms with van der Waals surface area (Å²) in [6.07, 6.45) is 0. The number of amides is 2. The molecule has 2 aromatic rings. The van der Waals surface area contributed by atoms with Gasteiger partial charge in [0.05, 0.1) is 48.5 Å². The van der Waals surface area contributed by atoms with E-state index in [0.717, 1.165) is 32.4 Å². The van der Waals surface area contributed by atoms with Crippen LogP contribution in [0.1, 0.15) is 15.9 Å². The van der Waals surface area contributed by atoms with Crippen LogP contribution >= 0.6 is 23.2 Å². The molecule has 33 heavy (non-hydrogen) atoms. The smallest absolute Gasteiger partial charge is 0.337 e. The lowest BCUT2D eigenvalue weighted by atomic mass is 10.1. The maximum Gasteiger partial charge on any atom is 0.337 e. The van der Waals surface area contributed by atoms with Gasteiger partial charge in [-0.25, -0.2) is 14.0 Å². The van der Waals surface area contributed by atoms with E-state index in [-0.39, 0.29) is 23.7 Å². The Morgan fingerprint density at radius 3 is 2.39 bits per heavy atom. The highest BCUT2D eigenvalue weighted by atomic mass is 35.5. The molecule has 176 valence electrons. The molecular formula is C23H24Cl2FN3O4. The molecular weight excluding hydrogens is 472 g/mol. The Kier molecular flexibility index (Phi) is 7.38. The third kappa shape index (κ3) is 5.24. The summed E-state index contributed by atoms with van der Waals surface area (Å²) in [4.78, 5) is 30.8. The maximum atomic E-state index is 14.8. The summed E-state index contributed by atoms with van der Waals surface area (Å²) in [6.45, 7) is 4.01. The largest absolute Gasteiger partial charge is 0.465 e. The summed E-state index contributed by atoms with van der Waals surface area (Å²) < 4.78 is 24.7. The number of rotatable bonds is 5. The standard InChI is InChI=1S/C23H24Cl2FN3O4/c1-32-22(30)15-2-3-16(21(26)10-15)12-29(17-4-5-19(24)20(25)11-17)23(31)28-8-6-27(7-9-28)18-13-33-14-18/h2-5,10-11,18H,6-9,12-14H2,1H3. The molecule has 0 saturated carbocycles. The number of benzene rings is 2. The van der Waals surface area contributed by atoms with Crippen molar-refractivity contribution in [2.24, 2.45) is 0 Å². The van der Waals surface area contributed by atoms with E-state index in [4.69, 9.17) is 27.9 Å². The zero-order chi connectivity index (χ0) is 23.5. The van der Waals surface area contributed by atoms with Crippen molar-refractivity contribution in [2.75, 3.05) is 51.4 Å². The molecule has 2 aromatic carbocycles. The molecule has 2 aliphatic rings. The van der Waals surface area contributed by atoms with Crippen LogP contribution in [0.4, 0.5) is 14.9 Å². The van der Waals surface area contributed by atoms with Crippen LogP contribution in [0.5, 0.6) is 0 Å². The molecule has 7 nitrogen and oxygen atoms in total. The van der Waals surface area contributed by atoms with Crippen LogP contribution in [-0.4, -0.2) is 74.3 Å². The Bertz CT molecular complexity index is 1040. The van der Waals surface area contributed by atoms with E-state index in [0.29, 0.717) is 34.9 Å². The van der Waals surface area contributed by atoms with Crippen LogP contribution < -0.4 is 4.90 Å². The molecule has 2 fully saturated rings. The van der Waals surface area contributed by atoms with Crippen molar-refractivity contribution < 1.29 is 23.5 Å². The van der Waals surface area contributed by atoms with Crippen LogP contribution in [0, 0.1) is 5.82 Å². The molecule has 10 heteroatoms. The van der Waals surface area contributed by atoms with Crippen molar-refractivity contribution >= 4 is 40.9 Å². The van der Waals surface area contributed by atoms with Crippen molar-refractivity contribution in [3.63, 3.8) is 0 Å². The molecule has 0 unspecified atom stereocenters.